The molecule has 134 valence electrons. The van der Waals surface area contributed by atoms with Crippen molar-refractivity contribution in [2.24, 2.45) is 0 Å². The van der Waals surface area contributed by atoms with Gasteiger partial charge in [-0.15, -0.1) is 0 Å². The van der Waals surface area contributed by atoms with Crippen LogP contribution in [0.25, 0.3) is 0 Å². The molecule has 0 amide bonds. The first-order valence-corrected chi connectivity index (χ1v) is 9.29. The molecule has 2 heterocycles. The van der Waals surface area contributed by atoms with Gasteiger partial charge in [0, 0.05) is 42.4 Å². The maximum absolute atomic E-state index is 5.58. The molecule has 25 heavy (non-hydrogen) atoms. The van der Waals surface area contributed by atoms with Crippen LogP contribution in [-0.2, 0) is 17.8 Å². The second kappa shape index (κ2) is 8.65. The fraction of sp³-hybridized carbons (Fsp3) is 0.421. The minimum absolute atomic E-state index is 0.261. The summed E-state index contributed by atoms with van der Waals surface area (Å²) in [5.41, 5.74) is 2.29. The van der Waals surface area contributed by atoms with E-state index in [1.165, 1.54) is 5.56 Å². The average Bonchev–Trinajstić information content (AvgIpc) is 2.62. The highest BCUT2D eigenvalue weighted by molar-refractivity contribution is 9.10. The highest BCUT2D eigenvalue weighted by Crippen LogP contribution is 2.23. The van der Waals surface area contributed by atoms with E-state index in [1.807, 2.05) is 18.3 Å². The predicted molar refractivity (Wildman–Crippen MR) is 103 cm³/mol. The number of nitrogens with one attached hydrogen (secondary N) is 1. The predicted octanol–water partition coefficient (Wildman–Crippen LogP) is 3.37. The molecule has 5 nitrogen and oxygen atoms in total. The quantitative estimate of drug-likeness (QED) is 0.797. The van der Waals surface area contributed by atoms with Gasteiger partial charge in [-0.3, -0.25) is 0 Å². The fourth-order valence-electron chi connectivity index (χ4n) is 2.96. The number of anilines is 1. The molecule has 3 rings (SSSR count). The molecule has 0 radical (unpaired) electrons. The number of hydrogen-bond donors (Lipinski definition) is 1. The van der Waals surface area contributed by atoms with Crippen LogP contribution in [0.4, 0.5) is 5.82 Å². The van der Waals surface area contributed by atoms with Gasteiger partial charge in [0.2, 0.25) is 0 Å². The Morgan fingerprint density at radius 1 is 1.32 bits per heavy atom. The third-order valence-corrected chi connectivity index (χ3v) is 4.75. The molecular weight excluding hydrogens is 382 g/mol. The van der Waals surface area contributed by atoms with Gasteiger partial charge in [-0.25, -0.2) is 4.98 Å². The molecule has 1 fully saturated rings. The molecule has 1 N–H and O–H groups in total. The van der Waals surface area contributed by atoms with E-state index in [0.29, 0.717) is 0 Å². The summed E-state index contributed by atoms with van der Waals surface area (Å²) in [6.45, 7) is 6.17. The van der Waals surface area contributed by atoms with Crippen LogP contribution >= 0.6 is 15.9 Å². The maximum atomic E-state index is 5.58. The van der Waals surface area contributed by atoms with Crippen LogP contribution in [0.1, 0.15) is 18.1 Å². The van der Waals surface area contributed by atoms with Gasteiger partial charge in [-0.2, -0.15) is 0 Å². The van der Waals surface area contributed by atoms with Crippen LogP contribution in [0.5, 0.6) is 5.75 Å². The van der Waals surface area contributed by atoms with Gasteiger partial charge < -0.3 is 19.7 Å². The molecule has 0 bridgehead atoms. The van der Waals surface area contributed by atoms with Crippen LogP contribution < -0.4 is 15.0 Å². The largest absolute Gasteiger partial charge is 0.496 e. The van der Waals surface area contributed by atoms with E-state index in [9.17, 15) is 0 Å². The van der Waals surface area contributed by atoms with E-state index in [4.69, 9.17) is 9.47 Å². The van der Waals surface area contributed by atoms with E-state index in [0.717, 1.165) is 54.4 Å². The van der Waals surface area contributed by atoms with Crippen LogP contribution in [0, 0.1) is 0 Å². The first-order valence-electron chi connectivity index (χ1n) is 8.50. The van der Waals surface area contributed by atoms with Crippen molar-refractivity contribution in [3.63, 3.8) is 0 Å². The molecule has 1 atom stereocenters. The molecule has 1 unspecified atom stereocenters. The van der Waals surface area contributed by atoms with Crippen molar-refractivity contribution in [3.05, 3.63) is 52.1 Å². The van der Waals surface area contributed by atoms with Crippen LogP contribution in [0.2, 0.25) is 0 Å². The SMILES string of the molecule is COc1ccc(Br)cc1CNCc1ccc(N2CCOC(C)C2)nc1. The normalized spacial score (nSPS) is 17.6. The lowest BCUT2D eigenvalue weighted by Crippen LogP contribution is -2.41. The lowest BCUT2D eigenvalue weighted by atomic mass is 10.2. The first-order chi connectivity index (χ1) is 12.2. The van der Waals surface area contributed by atoms with Crippen molar-refractivity contribution in [1.29, 1.82) is 0 Å². The average molecular weight is 406 g/mol. The Bertz CT molecular complexity index is 694. The number of ether oxygens (including phenoxy) is 2. The van der Waals surface area contributed by atoms with E-state index in [1.54, 1.807) is 7.11 Å². The first kappa shape index (κ1) is 18.2. The Balaban J connectivity index is 1.55. The molecule has 2 aromatic rings. The number of halogens is 1. The highest BCUT2D eigenvalue weighted by atomic mass is 79.9. The number of nitrogens with zero attached hydrogens (tertiary/aromatic N) is 2. The number of aromatic nitrogens is 1. The monoisotopic (exact) mass is 405 g/mol. The molecule has 1 aliphatic heterocycles. The number of hydrogen-bond acceptors (Lipinski definition) is 5. The molecule has 6 heteroatoms. The van der Waals surface area contributed by atoms with Gasteiger partial charge in [-0.05, 0) is 36.8 Å². The molecule has 0 spiro atoms. The van der Waals surface area contributed by atoms with Crippen molar-refractivity contribution in [2.45, 2.75) is 26.1 Å². The summed E-state index contributed by atoms with van der Waals surface area (Å²) in [6, 6.07) is 10.3. The lowest BCUT2D eigenvalue weighted by Gasteiger charge is -2.32. The smallest absolute Gasteiger partial charge is 0.128 e. The van der Waals surface area contributed by atoms with Gasteiger partial charge >= 0.3 is 0 Å². The zero-order valence-corrected chi connectivity index (χ0v) is 16.3. The number of pyridine rings is 1. The summed E-state index contributed by atoms with van der Waals surface area (Å²) in [6.07, 6.45) is 2.21. The molecule has 1 saturated heterocycles. The Morgan fingerprint density at radius 2 is 2.20 bits per heavy atom. The third kappa shape index (κ3) is 4.93. The van der Waals surface area contributed by atoms with E-state index >= 15 is 0 Å². The van der Waals surface area contributed by atoms with E-state index in [-0.39, 0.29) is 6.10 Å². The van der Waals surface area contributed by atoms with Crippen molar-refractivity contribution in [3.8, 4) is 5.75 Å². The zero-order valence-electron chi connectivity index (χ0n) is 14.7. The van der Waals surface area contributed by atoms with E-state index < -0.39 is 0 Å². The van der Waals surface area contributed by atoms with Crippen LogP contribution in [0.3, 0.4) is 0 Å². The topological polar surface area (TPSA) is 46.6 Å². The molecular formula is C19H24BrN3O2. The highest BCUT2D eigenvalue weighted by Gasteiger charge is 2.17. The van der Waals surface area contributed by atoms with Crippen molar-refractivity contribution in [2.75, 3.05) is 31.7 Å². The second-order valence-corrected chi connectivity index (χ2v) is 7.13. The zero-order chi connectivity index (χ0) is 17.6. The van der Waals surface area contributed by atoms with E-state index in [2.05, 4.69) is 56.3 Å². The van der Waals surface area contributed by atoms with Gasteiger partial charge in [0.15, 0.2) is 0 Å². The minimum Gasteiger partial charge on any atom is -0.496 e. The summed E-state index contributed by atoms with van der Waals surface area (Å²) in [7, 11) is 1.70. The van der Waals surface area contributed by atoms with Crippen molar-refractivity contribution >= 4 is 21.7 Å². The van der Waals surface area contributed by atoms with Gasteiger partial charge in [0.05, 0.1) is 19.8 Å². The maximum Gasteiger partial charge on any atom is 0.128 e. The Hall–Kier alpha value is -1.63. The summed E-state index contributed by atoms with van der Waals surface area (Å²) >= 11 is 3.51. The Kier molecular flexibility index (Phi) is 6.29. The molecule has 0 aliphatic carbocycles. The van der Waals surface area contributed by atoms with Crippen molar-refractivity contribution in [1.82, 2.24) is 10.3 Å². The molecule has 0 saturated carbocycles. The van der Waals surface area contributed by atoms with Gasteiger partial charge in [0.25, 0.3) is 0 Å². The molecule has 1 aromatic carbocycles. The summed E-state index contributed by atoms with van der Waals surface area (Å²) in [5.74, 6) is 1.91. The van der Waals surface area contributed by atoms with Crippen LogP contribution in [-0.4, -0.2) is 37.9 Å². The summed E-state index contributed by atoms with van der Waals surface area (Å²) in [5, 5.41) is 3.45. The Morgan fingerprint density at radius 3 is 2.92 bits per heavy atom. The number of morpholine rings is 1. The standard InChI is InChI=1S/C19H24BrN3O2/c1-14-13-23(7-8-25-14)19-6-3-15(11-22-19)10-21-12-16-9-17(20)4-5-18(16)24-2/h3-6,9,11,14,21H,7-8,10,12-13H2,1-2H3. The summed E-state index contributed by atoms with van der Waals surface area (Å²) < 4.78 is 12.0. The van der Waals surface area contributed by atoms with Crippen molar-refractivity contribution < 1.29 is 9.47 Å². The minimum atomic E-state index is 0.261. The number of rotatable bonds is 6. The van der Waals surface area contributed by atoms with Gasteiger partial charge in [0.1, 0.15) is 11.6 Å². The lowest BCUT2D eigenvalue weighted by molar-refractivity contribution is 0.0529. The van der Waals surface area contributed by atoms with Gasteiger partial charge in [-0.1, -0.05) is 22.0 Å². The molecule has 1 aliphatic rings. The van der Waals surface area contributed by atoms with Crippen LogP contribution in [0.15, 0.2) is 41.0 Å². The molecule has 1 aromatic heterocycles. The Labute approximate surface area is 157 Å². The summed E-state index contributed by atoms with van der Waals surface area (Å²) in [4.78, 5) is 6.88. The number of benzene rings is 1. The third-order valence-electron chi connectivity index (χ3n) is 4.26. The number of methoxy groups -OCH3 is 1. The second-order valence-electron chi connectivity index (χ2n) is 6.21. The fourth-order valence-corrected chi connectivity index (χ4v) is 3.37.